The number of nitrogens with one attached hydrogen (secondary N) is 2. The van der Waals surface area contributed by atoms with Gasteiger partial charge in [0.05, 0.1) is 10.3 Å². The number of carbonyl (C=O) groups is 2. The van der Waals surface area contributed by atoms with Crippen LogP contribution >= 0.6 is 0 Å². The molecule has 1 aromatic carbocycles. The monoisotopic (exact) mass is 369 g/mol. The number of carbonyl (C=O) groups excluding carboxylic acids is 1. The Hall–Kier alpha value is -2.13. The molecule has 3 N–H and O–H groups in total. The summed E-state index contributed by atoms with van der Waals surface area (Å²) in [6, 6.07) is 5.97. The van der Waals surface area contributed by atoms with Crippen molar-refractivity contribution in [2.45, 2.75) is 31.7 Å². The maximum atomic E-state index is 12.2. The van der Waals surface area contributed by atoms with Crippen LogP contribution in [-0.4, -0.2) is 50.1 Å². The molecule has 25 heavy (non-hydrogen) atoms. The summed E-state index contributed by atoms with van der Waals surface area (Å²) in [4.78, 5) is 25.0. The van der Waals surface area contributed by atoms with Crippen LogP contribution in [0.1, 0.15) is 25.8 Å². The number of likely N-dealkylation sites (tertiary alicyclic amines) is 1. The Labute approximate surface area is 147 Å². The van der Waals surface area contributed by atoms with Crippen LogP contribution in [0.5, 0.6) is 0 Å². The zero-order chi connectivity index (χ0) is 18.7. The fourth-order valence-electron chi connectivity index (χ4n) is 2.69. The topological polar surface area (TPSA) is 116 Å². The van der Waals surface area contributed by atoms with Gasteiger partial charge < -0.3 is 15.3 Å². The van der Waals surface area contributed by atoms with Crippen LogP contribution in [-0.2, 0) is 21.4 Å². The highest BCUT2D eigenvalue weighted by atomic mass is 32.2. The Bertz CT molecular complexity index is 765. The van der Waals surface area contributed by atoms with Crippen LogP contribution in [0, 0.1) is 5.41 Å². The molecule has 0 saturated carbocycles. The Morgan fingerprint density at radius 1 is 1.36 bits per heavy atom. The quantitative estimate of drug-likeness (QED) is 0.692. The van der Waals surface area contributed by atoms with Crippen molar-refractivity contribution in [1.29, 1.82) is 0 Å². The van der Waals surface area contributed by atoms with Crippen LogP contribution in [0.25, 0.3) is 0 Å². The number of hydrogen-bond acceptors (Lipinski definition) is 4. The van der Waals surface area contributed by atoms with Crippen molar-refractivity contribution in [3.63, 3.8) is 0 Å². The summed E-state index contributed by atoms with van der Waals surface area (Å²) >= 11 is 0. The number of urea groups is 1. The van der Waals surface area contributed by atoms with E-state index < -0.39 is 21.4 Å². The lowest BCUT2D eigenvalue weighted by atomic mass is 9.90. The normalized spacial score (nSPS) is 20.5. The van der Waals surface area contributed by atoms with Gasteiger partial charge in [-0.25, -0.2) is 17.9 Å². The SMILES string of the molecule is CCNS(=O)(=O)c1cccc(CNC(=O)N2CCC(C)(C(=O)O)C2)c1. The van der Waals surface area contributed by atoms with E-state index in [0.717, 1.165) is 0 Å². The predicted molar refractivity (Wildman–Crippen MR) is 91.5 cm³/mol. The smallest absolute Gasteiger partial charge is 0.317 e. The summed E-state index contributed by atoms with van der Waals surface area (Å²) in [5.41, 5.74) is -0.274. The van der Waals surface area contributed by atoms with Crippen LogP contribution in [0.2, 0.25) is 0 Å². The molecule has 0 bridgehead atoms. The van der Waals surface area contributed by atoms with E-state index in [1.54, 1.807) is 26.0 Å². The number of hydrogen-bond donors (Lipinski definition) is 3. The van der Waals surface area contributed by atoms with E-state index in [2.05, 4.69) is 10.0 Å². The third-order valence-electron chi connectivity index (χ3n) is 4.26. The van der Waals surface area contributed by atoms with E-state index in [1.807, 2.05) is 0 Å². The first-order chi connectivity index (χ1) is 11.7. The minimum absolute atomic E-state index is 0.140. The molecule has 0 spiro atoms. The highest BCUT2D eigenvalue weighted by molar-refractivity contribution is 7.89. The molecule has 8 nitrogen and oxygen atoms in total. The number of amides is 2. The largest absolute Gasteiger partial charge is 0.481 e. The lowest BCUT2D eigenvalue weighted by molar-refractivity contribution is -0.147. The molecule has 2 amide bonds. The average molecular weight is 369 g/mol. The van der Waals surface area contributed by atoms with E-state index in [1.165, 1.54) is 17.0 Å². The number of rotatable bonds is 6. The van der Waals surface area contributed by atoms with Gasteiger partial charge in [-0.05, 0) is 31.0 Å². The minimum Gasteiger partial charge on any atom is -0.481 e. The molecule has 1 heterocycles. The number of nitrogens with zero attached hydrogens (tertiary/aromatic N) is 1. The lowest BCUT2D eigenvalue weighted by Gasteiger charge is -2.20. The average Bonchev–Trinajstić information content (AvgIpc) is 2.97. The number of benzene rings is 1. The Balaban J connectivity index is 1.98. The molecule has 1 aromatic rings. The van der Waals surface area contributed by atoms with E-state index >= 15 is 0 Å². The van der Waals surface area contributed by atoms with E-state index in [0.29, 0.717) is 25.1 Å². The van der Waals surface area contributed by atoms with E-state index in [9.17, 15) is 23.1 Å². The number of carboxylic acids is 1. The molecule has 1 aliphatic rings. The van der Waals surface area contributed by atoms with Gasteiger partial charge in [0.15, 0.2) is 0 Å². The van der Waals surface area contributed by atoms with Gasteiger partial charge in [0.25, 0.3) is 0 Å². The van der Waals surface area contributed by atoms with Crippen LogP contribution in [0.3, 0.4) is 0 Å². The van der Waals surface area contributed by atoms with Gasteiger partial charge >= 0.3 is 12.0 Å². The molecular formula is C16H23N3O5S. The van der Waals surface area contributed by atoms with Gasteiger partial charge in [-0.1, -0.05) is 19.1 Å². The second kappa shape index (κ2) is 7.40. The zero-order valence-corrected chi connectivity index (χ0v) is 15.1. The fraction of sp³-hybridized carbons (Fsp3) is 0.500. The van der Waals surface area contributed by atoms with Crippen molar-refractivity contribution in [1.82, 2.24) is 14.9 Å². The highest BCUT2D eigenvalue weighted by Gasteiger charge is 2.42. The van der Waals surface area contributed by atoms with E-state index in [4.69, 9.17) is 0 Å². The summed E-state index contributed by atoms with van der Waals surface area (Å²) in [6.07, 6.45) is 0.409. The van der Waals surface area contributed by atoms with Crippen LogP contribution < -0.4 is 10.0 Å². The molecule has 2 rings (SSSR count). The molecule has 1 saturated heterocycles. The third-order valence-corrected chi connectivity index (χ3v) is 5.81. The first-order valence-corrected chi connectivity index (χ1v) is 9.51. The van der Waals surface area contributed by atoms with Gasteiger partial charge in [-0.2, -0.15) is 0 Å². The molecule has 1 aliphatic heterocycles. The lowest BCUT2D eigenvalue weighted by Crippen LogP contribution is -2.40. The molecular weight excluding hydrogens is 346 g/mol. The molecule has 138 valence electrons. The summed E-state index contributed by atoms with van der Waals surface area (Å²) in [7, 11) is -3.55. The standard InChI is InChI=1S/C16H23N3O5S/c1-3-18-25(23,24)13-6-4-5-12(9-13)10-17-15(22)19-8-7-16(2,11-19)14(20)21/h4-6,9,18H,3,7-8,10-11H2,1-2H3,(H,17,22)(H,20,21). The Morgan fingerprint density at radius 2 is 2.08 bits per heavy atom. The molecule has 1 fully saturated rings. The number of carboxylic acid groups (broad SMARTS) is 1. The molecule has 0 radical (unpaired) electrons. The van der Waals surface area contributed by atoms with Crippen LogP contribution in [0.15, 0.2) is 29.2 Å². The third kappa shape index (κ3) is 4.49. The number of aliphatic carboxylic acids is 1. The second-order valence-electron chi connectivity index (χ2n) is 6.34. The van der Waals surface area contributed by atoms with E-state index in [-0.39, 0.29) is 24.0 Å². The first kappa shape index (κ1) is 19.2. The van der Waals surface area contributed by atoms with Crippen molar-refractivity contribution < 1.29 is 23.1 Å². The van der Waals surface area contributed by atoms with Gasteiger partial charge in [-0.3, -0.25) is 4.79 Å². The summed E-state index contributed by atoms with van der Waals surface area (Å²) in [6.45, 7) is 4.31. The molecule has 0 aliphatic carbocycles. The summed E-state index contributed by atoms with van der Waals surface area (Å²) in [5, 5.41) is 11.9. The molecule has 0 aromatic heterocycles. The maximum Gasteiger partial charge on any atom is 0.317 e. The van der Waals surface area contributed by atoms with Gasteiger partial charge in [0, 0.05) is 26.2 Å². The molecule has 1 atom stereocenters. The highest BCUT2D eigenvalue weighted by Crippen LogP contribution is 2.30. The van der Waals surface area contributed by atoms with Crippen molar-refractivity contribution >= 4 is 22.0 Å². The molecule has 1 unspecified atom stereocenters. The summed E-state index contributed by atoms with van der Waals surface area (Å²) < 4.78 is 26.4. The summed E-state index contributed by atoms with van der Waals surface area (Å²) in [5.74, 6) is -0.913. The van der Waals surface area contributed by atoms with Gasteiger partial charge in [0.1, 0.15) is 0 Å². The van der Waals surface area contributed by atoms with Crippen LogP contribution in [0.4, 0.5) is 4.79 Å². The first-order valence-electron chi connectivity index (χ1n) is 8.03. The van der Waals surface area contributed by atoms with Crippen molar-refractivity contribution in [2.24, 2.45) is 5.41 Å². The van der Waals surface area contributed by atoms with Crippen molar-refractivity contribution in [3.8, 4) is 0 Å². The Morgan fingerprint density at radius 3 is 2.68 bits per heavy atom. The van der Waals surface area contributed by atoms with Crippen molar-refractivity contribution in [2.75, 3.05) is 19.6 Å². The van der Waals surface area contributed by atoms with Gasteiger partial charge in [0.2, 0.25) is 10.0 Å². The zero-order valence-electron chi connectivity index (χ0n) is 14.3. The van der Waals surface area contributed by atoms with Gasteiger partial charge in [-0.15, -0.1) is 0 Å². The second-order valence-corrected chi connectivity index (χ2v) is 8.11. The fourth-order valence-corrected chi connectivity index (χ4v) is 3.81. The molecule has 9 heteroatoms. The maximum absolute atomic E-state index is 12.2. The Kier molecular flexibility index (Phi) is 5.69. The number of sulfonamides is 1. The minimum atomic E-state index is -3.55. The predicted octanol–water partition coefficient (Wildman–Crippen LogP) is 0.991. The van der Waals surface area contributed by atoms with Crippen molar-refractivity contribution in [3.05, 3.63) is 29.8 Å².